The van der Waals surface area contributed by atoms with E-state index in [0.29, 0.717) is 27.5 Å². The highest BCUT2D eigenvalue weighted by molar-refractivity contribution is 6.34. The van der Waals surface area contributed by atoms with Gasteiger partial charge in [-0.05, 0) is 52.3 Å². The minimum absolute atomic E-state index is 0.185. The Morgan fingerprint density at radius 1 is 1.16 bits per heavy atom. The number of halogens is 1. The second-order valence-electron chi connectivity index (χ2n) is 7.01. The lowest BCUT2D eigenvalue weighted by atomic mass is 10.0. The topological polar surface area (TPSA) is 76.0 Å². The number of nitrogens with zero attached hydrogens (tertiary/aromatic N) is 2. The van der Waals surface area contributed by atoms with Crippen LogP contribution in [0.1, 0.15) is 52.9 Å². The average molecular weight is 363 g/mol. The molecule has 0 bridgehead atoms. The number of anilines is 1. The molecule has 0 radical (unpaired) electrons. The van der Waals surface area contributed by atoms with Crippen molar-refractivity contribution < 1.29 is 9.59 Å². The van der Waals surface area contributed by atoms with E-state index in [4.69, 9.17) is 11.6 Å². The Morgan fingerprint density at radius 2 is 1.80 bits per heavy atom. The number of hydrogen-bond donors (Lipinski definition) is 2. The minimum Gasteiger partial charge on any atom is -0.347 e. The fraction of sp³-hybridized carbons (Fsp3) is 0.389. The first-order chi connectivity index (χ1) is 11.5. The zero-order chi connectivity index (χ0) is 18.9. The Kier molecular flexibility index (Phi) is 5.23. The van der Waals surface area contributed by atoms with E-state index in [-0.39, 0.29) is 23.0 Å². The summed E-state index contributed by atoms with van der Waals surface area (Å²) in [4.78, 5) is 25.0. The Labute approximate surface area is 152 Å². The third-order valence-corrected chi connectivity index (χ3v) is 4.13. The lowest BCUT2D eigenvalue weighted by molar-refractivity contribution is 0.0917. The summed E-state index contributed by atoms with van der Waals surface area (Å²) >= 11 is 6.16. The molecule has 0 saturated heterocycles. The number of rotatable bonds is 3. The fourth-order valence-electron chi connectivity index (χ4n) is 2.49. The number of hydrogen-bond acceptors (Lipinski definition) is 3. The zero-order valence-corrected chi connectivity index (χ0v) is 16.1. The molecular formula is C18H23ClN4O2. The van der Waals surface area contributed by atoms with Gasteiger partial charge >= 0.3 is 0 Å². The smallest absolute Gasteiger partial charge is 0.275 e. The standard InChI is InChI=1S/C18H23ClN4O2/c1-10-12(16(24)21-18(3,4)5)8-7-9-13(10)20-17(25)15-14(19)11(2)22-23(15)6/h7-9H,1-6H3,(H,20,25)(H,21,24). The predicted molar refractivity (Wildman–Crippen MR) is 99.3 cm³/mol. The maximum Gasteiger partial charge on any atom is 0.275 e. The fourth-order valence-corrected chi connectivity index (χ4v) is 2.73. The van der Waals surface area contributed by atoms with Crippen molar-refractivity contribution in [3.05, 3.63) is 45.7 Å². The first-order valence-electron chi connectivity index (χ1n) is 7.94. The van der Waals surface area contributed by atoms with E-state index in [1.807, 2.05) is 20.8 Å². The summed E-state index contributed by atoms with van der Waals surface area (Å²) in [6.07, 6.45) is 0. The van der Waals surface area contributed by atoms with Crippen molar-refractivity contribution in [3.63, 3.8) is 0 Å². The van der Waals surface area contributed by atoms with Crippen LogP contribution in [0.2, 0.25) is 5.02 Å². The highest BCUT2D eigenvalue weighted by Gasteiger charge is 2.21. The van der Waals surface area contributed by atoms with Crippen LogP contribution in [-0.2, 0) is 7.05 Å². The zero-order valence-electron chi connectivity index (χ0n) is 15.3. The third-order valence-electron chi connectivity index (χ3n) is 3.68. The van der Waals surface area contributed by atoms with E-state index in [0.717, 1.165) is 0 Å². The van der Waals surface area contributed by atoms with Gasteiger partial charge in [0.05, 0.1) is 10.7 Å². The van der Waals surface area contributed by atoms with Gasteiger partial charge < -0.3 is 10.6 Å². The van der Waals surface area contributed by atoms with E-state index in [1.54, 1.807) is 39.1 Å². The van der Waals surface area contributed by atoms with Gasteiger partial charge in [-0.15, -0.1) is 0 Å². The third kappa shape index (κ3) is 4.20. The van der Waals surface area contributed by atoms with E-state index in [1.165, 1.54) is 4.68 Å². The molecule has 0 aliphatic rings. The molecule has 0 unspecified atom stereocenters. The van der Waals surface area contributed by atoms with Crippen molar-refractivity contribution in [1.82, 2.24) is 15.1 Å². The van der Waals surface area contributed by atoms with Gasteiger partial charge in [-0.1, -0.05) is 17.7 Å². The monoisotopic (exact) mass is 362 g/mol. The Bertz CT molecular complexity index is 834. The molecule has 2 aromatic rings. The lowest BCUT2D eigenvalue weighted by Gasteiger charge is -2.21. The highest BCUT2D eigenvalue weighted by atomic mass is 35.5. The molecule has 6 nitrogen and oxygen atoms in total. The number of carbonyl (C=O) groups is 2. The summed E-state index contributed by atoms with van der Waals surface area (Å²) < 4.78 is 1.44. The number of aryl methyl sites for hydroxylation is 2. The van der Waals surface area contributed by atoms with Crippen LogP contribution < -0.4 is 10.6 Å². The predicted octanol–water partition coefficient (Wildman–Crippen LogP) is 3.47. The number of amides is 2. The van der Waals surface area contributed by atoms with E-state index in [2.05, 4.69) is 15.7 Å². The van der Waals surface area contributed by atoms with Gasteiger partial charge in [-0.2, -0.15) is 5.10 Å². The summed E-state index contributed by atoms with van der Waals surface area (Å²) in [5.41, 5.74) is 2.28. The van der Waals surface area contributed by atoms with Crippen LogP contribution in [0.4, 0.5) is 5.69 Å². The van der Waals surface area contributed by atoms with Crippen LogP contribution >= 0.6 is 11.6 Å². The first-order valence-corrected chi connectivity index (χ1v) is 8.31. The second-order valence-corrected chi connectivity index (χ2v) is 7.39. The molecule has 0 saturated carbocycles. The van der Waals surface area contributed by atoms with E-state index < -0.39 is 0 Å². The van der Waals surface area contributed by atoms with Crippen molar-refractivity contribution in [1.29, 1.82) is 0 Å². The Balaban J connectivity index is 2.31. The largest absolute Gasteiger partial charge is 0.347 e. The first kappa shape index (κ1) is 19.0. The van der Waals surface area contributed by atoms with Gasteiger partial charge in [-0.3, -0.25) is 14.3 Å². The maximum absolute atomic E-state index is 12.6. The summed E-state index contributed by atoms with van der Waals surface area (Å²) in [6, 6.07) is 5.21. The molecule has 1 heterocycles. The second kappa shape index (κ2) is 6.88. The molecule has 2 amide bonds. The number of aromatic nitrogens is 2. The average Bonchev–Trinajstić information content (AvgIpc) is 2.72. The van der Waals surface area contributed by atoms with Crippen LogP contribution in [0, 0.1) is 13.8 Å². The molecule has 134 valence electrons. The molecule has 0 spiro atoms. The van der Waals surface area contributed by atoms with E-state index >= 15 is 0 Å². The maximum atomic E-state index is 12.6. The summed E-state index contributed by atoms with van der Waals surface area (Å²) in [6.45, 7) is 9.28. The molecule has 1 aromatic heterocycles. The molecule has 1 aromatic carbocycles. The number of nitrogens with one attached hydrogen (secondary N) is 2. The van der Waals surface area contributed by atoms with Crippen molar-refractivity contribution in [2.75, 3.05) is 5.32 Å². The summed E-state index contributed by atoms with van der Waals surface area (Å²) in [5.74, 6) is -0.555. The minimum atomic E-state index is -0.371. The van der Waals surface area contributed by atoms with Gasteiger partial charge in [0, 0.05) is 23.8 Å². The summed E-state index contributed by atoms with van der Waals surface area (Å²) in [5, 5.41) is 10.2. The van der Waals surface area contributed by atoms with Crippen molar-refractivity contribution in [2.45, 2.75) is 40.2 Å². The van der Waals surface area contributed by atoms with Gasteiger partial charge in [-0.25, -0.2) is 0 Å². The normalized spacial score (nSPS) is 11.3. The van der Waals surface area contributed by atoms with Crippen LogP contribution in [0.3, 0.4) is 0 Å². The van der Waals surface area contributed by atoms with Gasteiger partial charge in [0.15, 0.2) is 0 Å². The molecule has 0 fully saturated rings. The van der Waals surface area contributed by atoms with Gasteiger partial charge in [0.2, 0.25) is 0 Å². The Morgan fingerprint density at radius 3 is 2.32 bits per heavy atom. The molecule has 0 aliphatic heterocycles. The number of carbonyl (C=O) groups excluding carboxylic acids is 2. The highest BCUT2D eigenvalue weighted by Crippen LogP contribution is 2.23. The van der Waals surface area contributed by atoms with Crippen LogP contribution in [-0.4, -0.2) is 27.1 Å². The van der Waals surface area contributed by atoms with Gasteiger partial charge in [0.25, 0.3) is 11.8 Å². The number of benzene rings is 1. The molecule has 7 heteroatoms. The Hall–Kier alpha value is -2.34. The summed E-state index contributed by atoms with van der Waals surface area (Å²) in [7, 11) is 1.66. The van der Waals surface area contributed by atoms with Crippen LogP contribution in [0.25, 0.3) is 0 Å². The molecule has 2 rings (SSSR count). The van der Waals surface area contributed by atoms with Crippen molar-refractivity contribution in [2.24, 2.45) is 7.05 Å². The quantitative estimate of drug-likeness (QED) is 0.877. The molecule has 0 aliphatic carbocycles. The van der Waals surface area contributed by atoms with Crippen LogP contribution in [0.5, 0.6) is 0 Å². The molecule has 0 atom stereocenters. The van der Waals surface area contributed by atoms with Crippen molar-refractivity contribution >= 4 is 29.1 Å². The van der Waals surface area contributed by atoms with E-state index in [9.17, 15) is 9.59 Å². The molecule has 2 N–H and O–H groups in total. The van der Waals surface area contributed by atoms with Crippen LogP contribution in [0.15, 0.2) is 18.2 Å². The van der Waals surface area contributed by atoms with Crippen molar-refractivity contribution in [3.8, 4) is 0 Å². The molecular weight excluding hydrogens is 340 g/mol. The van der Waals surface area contributed by atoms with Gasteiger partial charge in [0.1, 0.15) is 5.69 Å². The lowest BCUT2D eigenvalue weighted by Crippen LogP contribution is -2.40. The SMILES string of the molecule is Cc1nn(C)c(C(=O)Nc2cccc(C(=O)NC(C)(C)C)c2C)c1Cl. The molecule has 25 heavy (non-hydrogen) atoms.